The third-order valence-corrected chi connectivity index (χ3v) is 7.29. The fourth-order valence-corrected chi connectivity index (χ4v) is 5.42. The molecule has 2 heterocycles. The van der Waals surface area contributed by atoms with Crippen molar-refractivity contribution in [3.05, 3.63) is 87.4 Å². The first kappa shape index (κ1) is 26.0. The number of thiazole rings is 1. The van der Waals surface area contributed by atoms with Crippen LogP contribution in [-0.2, 0) is 29.1 Å². The minimum atomic E-state index is -1.35. The van der Waals surface area contributed by atoms with Crippen molar-refractivity contribution in [2.24, 2.45) is 0 Å². The molecule has 7 nitrogen and oxygen atoms in total. The van der Waals surface area contributed by atoms with Crippen molar-refractivity contribution in [1.29, 1.82) is 0 Å². The van der Waals surface area contributed by atoms with Crippen LogP contribution in [0.5, 0.6) is 0 Å². The number of benzene rings is 2. The second-order valence-corrected chi connectivity index (χ2v) is 10.5. The standard InChI is InChI=1S/C28H34N4O3S/c1-31(2)18-22-12-7-6-11-21(22)15-23-19-36-27(30-23)17-29-26(34)16-25(33)28(35)32-14-8-13-24(32)20-9-4-3-5-10-20/h3-7,9-12,19,24-25,33H,8,13-18H2,1-2H3,(H,29,34)/t24?,25-/m1/s1. The monoisotopic (exact) mass is 506 g/mol. The van der Waals surface area contributed by atoms with Crippen molar-refractivity contribution >= 4 is 23.2 Å². The maximum atomic E-state index is 12.9. The topological polar surface area (TPSA) is 85.8 Å². The molecule has 2 N–H and O–H groups in total. The van der Waals surface area contributed by atoms with Gasteiger partial charge in [-0.2, -0.15) is 0 Å². The molecular weight excluding hydrogens is 472 g/mol. The summed E-state index contributed by atoms with van der Waals surface area (Å²) >= 11 is 1.50. The lowest BCUT2D eigenvalue weighted by molar-refractivity contribution is -0.144. The van der Waals surface area contributed by atoms with Crippen molar-refractivity contribution in [2.45, 2.75) is 50.9 Å². The Hall–Kier alpha value is -3.07. The molecule has 4 rings (SSSR count). The Bertz CT molecular complexity index is 1160. The summed E-state index contributed by atoms with van der Waals surface area (Å²) in [4.78, 5) is 33.9. The Kier molecular flexibility index (Phi) is 8.85. The largest absolute Gasteiger partial charge is 0.383 e. The van der Waals surface area contributed by atoms with Crippen molar-refractivity contribution in [3.63, 3.8) is 0 Å². The average molecular weight is 507 g/mol. The van der Waals surface area contributed by atoms with Gasteiger partial charge in [-0.25, -0.2) is 4.98 Å². The highest BCUT2D eigenvalue weighted by molar-refractivity contribution is 7.09. The maximum absolute atomic E-state index is 12.9. The first-order chi connectivity index (χ1) is 17.4. The van der Waals surface area contributed by atoms with Crippen molar-refractivity contribution in [3.8, 4) is 0 Å². The second-order valence-electron chi connectivity index (χ2n) is 9.51. The average Bonchev–Trinajstić information content (AvgIpc) is 3.53. The van der Waals surface area contributed by atoms with Crippen LogP contribution < -0.4 is 5.32 Å². The van der Waals surface area contributed by atoms with E-state index in [4.69, 9.17) is 0 Å². The van der Waals surface area contributed by atoms with Gasteiger partial charge >= 0.3 is 0 Å². The Balaban J connectivity index is 1.27. The van der Waals surface area contributed by atoms with E-state index in [9.17, 15) is 14.7 Å². The van der Waals surface area contributed by atoms with E-state index in [1.54, 1.807) is 4.90 Å². The lowest BCUT2D eigenvalue weighted by atomic mass is 10.0. The minimum absolute atomic E-state index is 0.0481. The predicted octanol–water partition coefficient (Wildman–Crippen LogP) is 3.53. The molecule has 1 saturated heterocycles. The summed E-state index contributed by atoms with van der Waals surface area (Å²) in [6.07, 6.45) is 0.874. The van der Waals surface area contributed by atoms with Crippen molar-refractivity contribution in [1.82, 2.24) is 20.1 Å². The van der Waals surface area contributed by atoms with Crippen LogP contribution in [0, 0.1) is 0 Å². The molecule has 1 fully saturated rings. The van der Waals surface area contributed by atoms with Crippen LogP contribution in [0.25, 0.3) is 0 Å². The maximum Gasteiger partial charge on any atom is 0.252 e. The zero-order valence-corrected chi connectivity index (χ0v) is 21.7. The van der Waals surface area contributed by atoms with Crippen molar-refractivity contribution < 1.29 is 14.7 Å². The molecule has 2 atom stereocenters. The van der Waals surface area contributed by atoms with Crippen LogP contribution in [-0.4, -0.2) is 58.4 Å². The SMILES string of the molecule is CN(C)Cc1ccccc1Cc1csc(CNC(=O)C[C@@H](O)C(=O)N2CCCC2c2ccccc2)n1. The Morgan fingerprint density at radius 3 is 2.61 bits per heavy atom. The Morgan fingerprint density at radius 1 is 1.14 bits per heavy atom. The summed E-state index contributed by atoms with van der Waals surface area (Å²) in [6.45, 7) is 1.74. The number of carbonyl (C=O) groups excluding carboxylic acids is 2. The van der Waals surface area contributed by atoms with Crippen LogP contribution in [0.15, 0.2) is 60.0 Å². The Morgan fingerprint density at radius 2 is 1.86 bits per heavy atom. The first-order valence-electron chi connectivity index (χ1n) is 12.4. The molecule has 1 aliphatic rings. The number of nitrogens with zero attached hydrogens (tertiary/aromatic N) is 3. The highest BCUT2D eigenvalue weighted by Gasteiger charge is 2.33. The fourth-order valence-electron chi connectivity index (χ4n) is 4.68. The van der Waals surface area contributed by atoms with E-state index in [0.717, 1.165) is 42.1 Å². The fraction of sp³-hybridized carbons (Fsp3) is 0.393. The molecule has 0 radical (unpaired) electrons. The molecule has 0 bridgehead atoms. The number of rotatable bonds is 10. The molecule has 1 aliphatic heterocycles. The number of nitrogens with one attached hydrogen (secondary N) is 1. The van der Waals surface area contributed by atoms with Gasteiger partial charge in [0.2, 0.25) is 5.91 Å². The number of aliphatic hydroxyl groups is 1. The Labute approximate surface area is 216 Å². The highest BCUT2D eigenvalue weighted by atomic mass is 32.1. The number of carbonyl (C=O) groups is 2. The van der Waals surface area contributed by atoms with E-state index in [2.05, 4.69) is 47.5 Å². The van der Waals surface area contributed by atoms with Gasteiger partial charge in [0.15, 0.2) is 0 Å². The van der Waals surface area contributed by atoms with Gasteiger partial charge in [-0.1, -0.05) is 54.6 Å². The van der Waals surface area contributed by atoms with E-state index in [1.807, 2.05) is 41.8 Å². The molecule has 36 heavy (non-hydrogen) atoms. The van der Waals surface area contributed by atoms with E-state index < -0.39 is 6.10 Å². The third kappa shape index (κ3) is 6.78. The molecule has 1 aromatic heterocycles. The molecule has 8 heteroatoms. The summed E-state index contributed by atoms with van der Waals surface area (Å²) in [7, 11) is 4.11. The van der Waals surface area contributed by atoms with E-state index >= 15 is 0 Å². The number of aliphatic hydroxyl groups excluding tert-OH is 1. The quantitative estimate of drug-likeness (QED) is 0.440. The molecule has 2 aromatic carbocycles. The van der Waals surface area contributed by atoms with E-state index in [0.29, 0.717) is 6.54 Å². The summed E-state index contributed by atoms with van der Waals surface area (Å²) < 4.78 is 0. The molecule has 0 aliphatic carbocycles. The van der Waals surface area contributed by atoms with Gasteiger partial charge in [-0.05, 0) is 43.6 Å². The molecule has 190 valence electrons. The van der Waals surface area contributed by atoms with Crippen LogP contribution in [0.1, 0.15) is 52.7 Å². The predicted molar refractivity (Wildman–Crippen MR) is 141 cm³/mol. The first-order valence-corrected chi connectivity index (χ1v) is 13.2. The van der Waals surface area contributed by atoms with Crippen LogP contribution >= 0.6 is 11.3 Å². The molecule has 1 unspecified atom stereocenters. The van der Waals surface area contributed by atoms with Gasteiger partial charge in [0.25, 0.3) is 5.91 Å². The van der Waals surface area contributed by atoms with Gasteiger partial charge in [0.1, 0.15) is 11.1 Å². The number of hydrogen-bond acceptors (Lipinski definition) is 6. The van der Waals surface area contributed by atoms with E-state index in [-0.39, 0.29) is 30.8 Å². The number of likely N-dealkylation sites (tertiary alicyclic amines) is 1. The molecule has 2 amide bonds. The zero-order valence-electron chi connectivity index (χ0n) is 20.9. The zero-order chi connectivity index (χ0) is 25.5. The normalized spacial score (nSPS) is 16.3. The third-order valence-electron chi connectivity index (χ3n) is 6.40. The minimum Gasteiger partial charge on any atom is -0.383 e. The highest BCUT2D eigenvalue weighted by Crippen LogP contribution is 2.32. The van der Waals surface area contributed by atoms with Gasteiger partial charge in [-0.15, -0.1) is 11.3 Å². The van der Waals surface area contributed by atoms with E-state index in [1.165, 1.54) is 22.5 Å². The van der Waals surface area contributed by atoms with Crippen LogP contribution in [0.3, 0.4) is 0 Å². The van der Waals surface area contributed by atoms with Gasteiger partial charge in [-0.3, -0.25) is 9.59 Å². The molecular formula is C28H34N4O3S. The number of aromatic nitrogens is 1. The molecule has 3 aromatic rings. The number of hydrogen-bond donors (Lipinski definition) is 2. The van der Waals surface area contributed by atoms with Gasteiger partial charge in [0, 0.05) is 24.9 Å². The van der Waals surface area contributed by atoms with Crippen LogP contribution in [0.4, 0.5) is 0 Å². The summed E-state index contributed by atoms with van der Waals surface area (Å²) in [5.74, 6) is -0.746. The number of amides is 2. The smallest absolute Gasteiger partial charge is 0.252 e. The molecule has 0 spiro atoms. The summed E-state index contributed by atoms with van der Waals surface area (Å²) in [5.41, 5.74) is 4.54. The van der Waals surface area contributed by atoms with Gasteiger partial charge < -0.3 is 20.2 Å². The van der Waals surface area contributed by atoms with Gasteiger partial charge in [0.05, 0.1) is 24.7 Å². The summed E-state index contributed by atoms with van der Waals surface area (Å²) in [6, 6.07) is 18.2. The lowest BCUT2D eigenvalue weighted by Crippen LogP contribution is -2.41. The van der Waals surface area contributed by atoms with Crippen molar-refractivity contribution in [2.75, 3.05) is 20.6 Å². The summed E-state index contributed by atoms with van der Waals surface area (Å²) in [5, 5.41) is 16.1. The molecule has 0 saturated carbocycles. The second kappa shape index (κ2) is 12.3. The van der Waals surface area contributed by atoms with Crippen LogP contribution in [0.2, 0.25) is 0 Å². The lowest BCUT2D eigenvalue weighted by Gasteiger charge is -2.27.